The van der Waals surface area contributed by atoms with Gasteiger partial charge in [0.2, 0.25) is 10.8 Å². The van der Waals surface area contributed by atoms with E-state index in [1.54, 1.807) is 5.38 Å². The maximum atomic E-state index is 12.5. The maximum Gasteiger partial charge on any atom is 0.341 e. The van der Waals surface area contributed by atoms with Gasteiger partial charge in [-0.05, 0) is 48.4 Å². The van der Waals surface area contributed by atoms with E-state index in [0.717, 1.165) is 36.6 Å². The van der Waals surface area contributed by atoms with Crippen molar-refractivity contribution in [3.05, 3.63) is 22.8 Å². The van der Waals surface area contributed by atoms with Crippen LogP contribution in [0.15, 0.2) is 16.5 Å². The first-order chi connectivity index (χ1) is 18.9. The molecule has 0 amide bonds. The third-order valence-electron chi connectivity index (χ3n) is 7.84. The molecule has 6 heterocycles. The van der Waals surface area contributed by atoms with Crippen LogP contribution < -0.4 is 10.2 Å². The largest absolute Gasteiger partial charge is 0.611 e. The highest BCUT2D eigenvalue weighted by molar-refractivity contribution is 7.91. The number of anilines is 2. The maximum absolute atomic E-state index is 12.5. The fraction of sp³-hybridized carbons (Fsp3) is 0.640. The Morgan fingerprint density at radius 1 is 1.21 bits per heavy atom. The van der Waals surface area contributed by atoms with Crippen LogP contribution in [0.1, 0.15) is 41.7 Å². The fourth-order valence-electron chi connectivity index (χ4n) is 5.48. The van der Waals surface area contributed by atoms with E-state index in [1.807, 2.05) is 4.90 Å². The number of carbonyl (C=O) groups is 2. The monoisotopic (exact) mass is 577 g/mol. The number of hydrogen-bond donors (Lipinski definition) is 2. The lowest BCUT2D eigenvalue weighted by Gasteiger charge is -2.53. The predicted molar refractivity (Wildman–Crippen MR) is 142 cm³/mol. The van der Waals surface area contributed by atoms with Crippen molar-refractivity contribution in [3.63, 3.8) is 0 Å². The van der Waals surface area contributed by atoms with Crippen molar-refractivity contribution >= 4 is 46.4 Å². The van der Waals surface area contributed by atoms with Crippen LogP contribution in [-0.4, -0.2) is 93.4 Å². The lowest BCUT2D eigenvalue weighted by Crippen LogP contribution is -2.56. The molecule has 7 rings (SSSR count). The Balaban J connectivity index is 0.000000263. The van der Waals surface area contributed by atoms with Gasteiger partial charge in [0.25, 0.3) is 0 Å². The van der Waals surface area contributed by atoms with Gasteiger partial charge in [-0.3, -0.25) is 4.79 Å². The first-order valence-electron chi connectivity index (χ1n) is 13.2. The second kappa shape index (κ2) is 11.2. The summed E-state index contributed by atoms with van der Waals surface area (Å²) < 4.78 is 32.3. The molecule has 0 unspecified atom stereocenters. The smallest absolute Gasteiger partial charge is 0.341 e. The van der Waals surface area contributed by atoms with Crippen molar-refractivity contribution in [2.45, 2.75) is 49.1 Å². The molecule has 1 atom stereocenters. The van der Waals surface area contributed by atoms with Crippen LogP contribution in [0.25, 0.3) is 0 Å². The molecule has 3 saturated heterocycles. The lowest BCUT2D eigenvalue weighted by molar-refractivity contribution is -0.159. The van der Waals surface area contributed by atoms with E-state index in [1.165, 1.54) is 17.7 Å². The number of esters is 1. The number of nitrogens with one attached hydrogen (secondary N) is 1. The minimum atomic E-state index is -1.05. The highest BCUT2D eigenvalue weighted by atomic mass is 32.2. The second-order valence-corrected chi connectivity index (χ2v) is 12.9. The summed E-state index contributed by atoms with van der Waals surface area (Å²) in [6.07, 6.45) is 5.51. The molecule has 14 heteroatoms. The van der Waals surface area contributed by atoms with Crippen molar-refractivity contribution < 1.29 is 33.5 Å². The van der Waals surface area contributed by atoms with Crippen molar-refractivity contribution in [1.82, 2.24) is 14.3 Å². The summed E-state index contributed by atoms with van der Waals surface area (Å²) in [6, 6.07) is 0.336. The molecule has 2 aromatic rings. The van der Waals surface area contributed by atoms with Crippen LogP contribution in [0.4, 0.5) is 11.8 Å². The molecule has 2 aromatic heterocycles. The van der Waals surface area contributed by atoms with Crippen LogP contribution in [0, 0.1) is 11.3 Å². The van der Waals surface area contributed by atoms with Gasteiger partial charge in [0, 0.05) is 36.5 Å². The van der Waals surface area contributed by atoms with Gasteiger partial charge in [-0.25, -0.2) is 14.2 Å². The van der Waals surface area contributed by atoms with Gasteiger partial charge in [-0.15, -0.1) is 0 Å². The van der Waals surface area contributed by atoms with E-state index in [-0.39, 0.29) is 18.0 Å². The summed E-state index contributed by atoms with van der Waals surface area (Å²) >= 11 is 0.174. The molecule has 210 valence electrons. The molecule has 5 aliphatic rings. The number of ether oxygens (including phenoxy) is 3. The predicted octanol–water partition coefficient (Wildman–Crippen LogP) is 1.73. The number of fused-ring (bicyclic) bond motifs is 1. The summed E-state index contributed by atoms with van der Waals surface area (Å²) in [5, 5.41) is 13.7. The molecule has 4 aliphatic heterocycles. The van der Waals surface area contributed by atoms with E-state index in [9.17, 15) is 14.1 Å². The van der Waals surface area contributed by atoms with Gasteiger partial charge < -0.3 is 34.1 Å². The molecule has 4 fully saturated rings. The van der Waals surface area contributed by atoms with Crippen LogP contribution in [0.2, 0.25) is 0 Å². The Morgan fingerprint density at radius 2 is 1.97 bits per heavy atom. The number of aryl methyl sites for hydroxylation is 1. The van der Waals surface area contributed by atoms with E-state index in [2.05, 4.69) is 14.7 Å². The summed E-state index contributed by atoms with van der Waals surface area (Å²) in [5.74, 6) is 0.729. The standard InChI is InChI=1S/C19H21N5O4S2.C6H10O3/c25-17(11-5-20-29-8-11)28-13-6-24(7-13)18-22-14-1-2-30(26)15(14)16(23-18)21-12-3-19(4-12)9-27-10-19;7-6(8)5-1-3-9-4-2-5/h5,8,12-13H,1-4,6-7,9-10H2,(H,21,22,23);5H,1-4H2,(H,7,8)/t30-;/m1./s1. The van der Waals surface area contributed by atoms with Crippen LogP contribution in [0.5, 0.6) is 0 Å². The Hall–Kier alpha value is -2.52. The first-order valence-corrected chi connectivity index (χ1v) is 15.3. The van der Waals surface area contributed by atoms with E-state index >= 15 is 0 Å². The highest BCUT2D eigenvalue weighted by Crippen LogP contribution is 2.48. The number of carboxylic acid groups (broad SMARTS) is 1. The zero-order chi connectivity index (χ0) is 27.0. The van der Waals surface area contributed by atoms with Crippen LogP contribution >= 0.6 is 11.5 Å². The first kappa shape index (κ1) is 26.7. The third-order valence-corrected chi connectivity index (χ3v) is 9.88. The molecule has 1 saturated carbocycles. The minimum absolute atomic E-state index is 0.154. The van der Waals surface area contributed by atoms with E-state index in [4.69, 9.17) is 24.3 Å². The number of aromatic nitrogens is 3. The average Bonchev–Trinajstić information content (AvgIpc) is 3.53. The number of hydrogen-bond acceptors (Lipinski definition) is 12. The summed E-state index contributed by atoms with van der Waals surface area (Å²) in [4.78, 5) is 34.5. The van der Waals surface area contributed by atoms with Crippen molar-refractivity contribution in [1.29, 1.82) is 0 Å². The van der Waals surface area contributed by atoms with Crippen molar-refractivity contribution in [2.75, 3.05) is 55.5 Å². The molecule has 0 bridgehead atoms. The number of rotatable bonds is 6. The average molecular weight is 578 g/mol. The third kappa shape index (κ3) is 5.71. The second-order valence-electron chi connectivity index (χ2n) is 10.8. The van der Waals surface area contributed by atoms with Gasteiger partial charge in [-0.2, -0.15) is 4.98 Å². The molecule has 39 heavy (non-hydrogen) atoms. The molecule has 1 spiro atoms. The Kier molecular flexibility index (Phi) is 7.64. The molecule has 2 N–H and O–H groups in total. The number of aliphatic carboxylic acids is 1. The zero-order valence-corrected chi connectivity index (χ0v) is 23.0. The van der Waals surface area contributed by atoms with Crippen molar-refractivity contribution in [2.24, 2.45) is 11.3 Å². The quantitative estimate of drug-likeness (QED) is 0.379. The number of carboxylic acids is 1. The molecule has 0 radical (unpaired) electrons. The van der Waals surface area contributed by atoms with Gasteiger partial charge in [0.1, 0.15) is 17.6 Å². The Bertz CT molecular complexity index is 1190. The molecule has 0 aromatic carbocycles. The fourth-order valence-corrected chi connectivity index (χ4v) is 7.30. The normalized spacial score (nSPS) is 24.0. The van der Waals surface area contributed by atoms with Gasteiger partial charge in [0.15, 0.2) is 5.82 Å². The lowest BCUT2D eigenvalue weighted by atomic mass is 9.64. The Morgan fingerprint density at radius 3 is 2.59 bits per heavy atom. The molecule has 1 aliphatic carbocycles. The topological polar surface area (TPSA) is 159 Å². The van der Waals surface area contributed by atoms with Gasteiger partial charge in [-0.1, -0.05) is 0 Å². The van der Waals surface area contributed by atoms with Crippen LogP contribution in [0.3, 0.4) is 0 Å². The minimum Gasteiger partial charge on any atom is -0.611 e. The summed E-state index contributed by atoms with van der Waals surface area (Å²) in [7, 11) is 0. The molecular weight excluding hydrogens is 546 g/mol. The SMILES string of the molecule is O=C(O)C1CCOCC1.O=C(OC1CN(c2nc3c(c(NC4CC5(COC5)C4)n2)[S@+]([O-])CC3)C1)c1cnsc1. The van der Waals surface area contributed by atoms with Crippen molar-refractivity contribution in [3.8, 4) is 0 Å². The summed E-state index contributed by atoms with van der Waals surface area (Å²) in [6.45, 7) is 4.01. The van der Waals surface area contributed by atoms with Gasteiger partial charge >= 0.3 is 11.9 Å². The highest BCUT2D eigenvalue weighted by Gasteiger charge is 2.50. The molecular formula is C25H31N5O7S2. The van der Waals surface area contributed by atoms with E-state index < -0.39 is 17.1 Å². The number of carbonyl (C=O) groups excluding carboxylic acids is 1. The zero-order valence-electron chi connectivity index (χ0n) is 21.4. The molecule has 12 nitrogen and oxygen atoms in total. The van der Waals surface area contributed by atoms with Gasteiger partial charge in [0.05, 0.1) is 44.0 Å². The van der Waals surface area contributed by atoms with E-state index in [0.29, 0.717) is 80.1 Å². The van der Waals surface area contributed by atoms with Crippen LogP contribution in [-0.2, 0) is 36.6 Å². The number of nitrogens with zero attached hydrogens (tertiary/aromatic N) is 4. The summed E-state index contributed by atoms with van der Waals surface area (Å²) in [5.41, 5.74) is 1.70. The Labute approximate surface area is 232 Å².